The van der Waals surface area contributed by atoms with Gasteiger partial charge in [-0.2, -0.15) is 13.2 Å². The highest BCUT2D eigenvalue weighted by Gasteiger charge is 2.25. The van der Waals surface area contributed by atoms with E-state index in [0.29, 0.717) is 6.42 Å². The van der Waals surface area contributed by atoms with Gasteiger partial charge >= 0.3 is 6.18 Å². The largest absolute Gasteiger partial charge is 0.389 e. The van der Waals surface area contributed by atoms with Gasteiger partial charge in [0, 0.05) is 6.42 Å². The van der Waals surface area contributed by atoms with Gasteiger partial charge in [-0.25, -0.2) is 0 Å². The molecule has 0 aromatic heterocycles. The minimum atomic E-state index is -3.99. The second-order valence-corrected chi connectivity index (χ2v) is 5.41. The van der Waals surface area contributed by atoms with E-state index < -0.39 is 12.6 Å². The van der Waals surface area contributed by atoms with Crippen LogP contribution in [0, 0.1) is 11.8 Å². The summed E-state index contributed by atoms with van der Waals surface area (Å²) in [5.41, 5.74) is 0. The third-order valence-corrected chi connectivity index (χ3v) is 3.54. The SMILES string of the molecule is CC1CCCC(CNCCCCC(F)(F)F)C1. The second-order valence-electron chi connectivity index (χ2n) is 5.41. The molecule has 0 spiro atoms. The molecular weight excluding hydrogens is 227 g/mol. The molecule has 1 rings (SSSR count). The smallest absolute Gasteiger partial charge is 0.316 e. The number of nitrogens with one attached hydrogen (secondary N) is 1. The maximum Gasteiger partial charge on any atom is 0.389 e. The number of rotatable bonds is 6. The molecule has 1 nitrogen and oxygen atoms in total. The quantitative estimate of drug-likeness (QED) is 0.700. The highest BCUT2D eigenvalue weighted by atomic mass is 19.4. The molecule has 1 aliphatic rings. The molecule has 1 saturated carbocycles. The van der Waals surface area contributed by atoms with Crippen LogP contribution in [0.2, 0.25) is 0 Å². The van der Waals surface area contributed by atoms with Crippen molar-refractivity contribution in [2.75, 3.05) is 13.1 Å². The van der Waals surface area contributed by atoms with E-state index in [1.807, 2.05) is 0 Å². The van der Waals surface area contributed by atoms with Gasteiger partial charge < -0.3 is 5.32 Å². The Labute approximate surface area is 102 Å². The van der Waals surface area contributed by atoms with Gasteiger partial charge in [0.15, 0.2) is 0 Å². The zero-order valence-corrected chi connectivity index (χ0v) is 10.7. The third kappa shape index (κ3) is 7.63. The van der Waals surface area contributed by atoms with E-state index in [2.05, 4.69) is 12.2 Å². The topological polar surface area (TPSA) is 12.0 Å². The molecule has 0 aliphatic heterocycles. The fourth-order valence-electron chi connectivity index (χ4n) is 2.63. The van der Waals surface area contributed by atoms with E-state index in [9.17, 15) is 13.2 Å². The summed E-state index contributed by atoms with van der Waals surface area (Å²) in [4.78, 5) is 0. The molecule has 0 amide bonds. The van der Waals surface area contributed by atoms with Crippen LogP contribution in [0.25, 0.3) is 0 Å². The maximum atomic E-state index is 11.9. The summed E-state index contributed by atoms with van der Waals surface area (Å²) < 4.78 is 35.6. The number of hydrogen-bond acceptors (Lipinski definition) is 1. The molecule has 0 heterocycles. The van der Waals surface area contributed by atoms with E-state index in [-0.39, 0.29) is 6.42 Å². The highest BCUT2D eigenvalue weighted by molar-refractivity contribution is 4.72. The molecular formula is C13H24F3N. The molecule has 0 bridgehead atoms. The van der Waals surface area contributed by atoms with Crippen molar-refractivity contribution in [1.29, 1.82) is 0 Å². The lowest BCUT2D eigenvalue weighted by atomic mass is 9.82. The van der Waals surface area contributed by atoms with Crippen LogP contribution in [0.15, 0.2) is 0 Å². The van der Waals surface area contributed by atoms with Crippen LogP contribution in [0.3, 0.4) is 0 Å². The minimum absolute atomic E-state index is 0.248. The van der Waals surface area contributed by atoms with Gasteiger partial charge in [0.2, 0.25) is 0 Å². The van der Waals surface area contributed by atoms with Crippen LogP contribution >= 0.6 is 0 Å². The Morgan fingerprint density at radius 1 is 1.18 bits per heavy atom. The van der Waals surface area contributed by atoms with Crippen LogP contribution in [0.1, 0.15) is 51.9 Å². The van der Waals surface area contributed by atoms with Crippen molar-refractivity contribution in [3.8, 4) is 0 Å². The van der Waals surface area contributed by atoms with Crippen molar-refractivity contribution in [2.45, 2.75) is 58.0 Å². The van der Waals surface area contributed by atoms with Crippen LogP contribution < -0.4 is 5.32 Å². The van der Waals surface area contributed by atoms with Gasteiger partial charge in [-0.3, -0.25) is 0 Å². The predicted molar refractivity (Wildman–Crippen MR) is 63.9 cm³/mol. The molecule has 17 heavy (non-hydrogen) atoms. The standard InChI is InChI=1S/C13H24F3N/c1-11-5-4-6-12(9-11)10-17-8-3-2-7-13(14,15)16/h11-12,17H,2-10H2,1H3. The van der Waals surface area contributed by atoms with Crippen molar-refractivity contribution < 1.29 is 13.2 Å². The maximum absolute atomic E-state index is 11.9. The first-order chi connectivity index (χ1) is 7.97. The van der Waals surface area contributed by atoms with Gasteiger partial charge in [-0.1, -0.05) is 19.8 Å². The molecule has 1 N–H and O–H groups in total. The first-order valence-electron chi connectivity index (χ1n) is 6.75. The van der Waals surface area contributed by atoms with Crippen LogP contribution in [-0.2, 0) is 0 Å². The van der Waals surface area contributed by atoms with E-state index in [0.717, 1.165) is 24.9 Å². The Kier molecular flexibility index (Phi) is 6.31. The van der Waals surface area contributed by atoms with E-state index in [4.69, 9.17) is 0 Å². The lowest BCUT2D eigenvalue weighted by Crippen LogP contribution is -2.27. The number of hydrogen-bond donors (Lipinski definition) is 1. The number of halogens is 3. The first kappa shape index (κ1) is 14.8. The van der Waals surface area contributed by atoms with Crippen molar-refractivity contribution in [3.63, 3.8) is 0 Å². The van der Waals surface area contributed by atoms with E-state index in [1.54, 1.807) is 0 Å². The molecule has 1 aliphatic carbocycles. The Hall–Kier alpha value is -0.250. The summed E-state index contributed by atoms with van der Waals surface area (Å²) in [5, 5.41) is 3.29. The van der Waals surface area contributed by atoms with Crippen molar-refractivity contribution >= 4 is 0 Å². The summed E-state index contributed by atoms with van der Waals surface area (Å²) >= 11 is 0. The molecule has 0 radical (unpaired) electrons. The van der Waals surface area contributed by atoms with Gasteiger partial charge in [0.1, 0.15) is 0 Å². The van der Waals surface area contributed by atoms with Crippen molar-refractivity contribution in [1.82, 2.24) is 5.32 Å². The third-order valence-electron chi connectivity index (χ3n) is 3.54. The zero-order valence-electron chi connectivity index (χ0n) is 10.7. The molecule has 0 saturated heterocycles. The summed E-state index contributed by atoms with van der Waals surface area (Å²) in [5.74, 6) is 1.56. The van der Waals surface area contributed by atoms with Crippen molar-refractivity contribution in [3.05, 3.63) is 0 Å². The fraction of sp³-hybridized carbons (Fsp3) is 1.00. The molecule has 2 atom stereocenters. The first-order valence-corrected chi connectivity index (χ1v) is 6.75. The summed E-state index contributed by atoms with van der Waals surface area (Å²) in [7, 11) is 0. The fourth-order valence-corrected chi connectivity index (χ4v) is 2.63. The molecule has 102 valence electrons. The lowest BCUT2D eigenvalue weighted by molar-refractivity contribution is -0.135. The van der Waals surface area contributed by atoms with E-state index >= 15 is 0 Å². The Balaban J connectivity index is 1.93. The van der Waals surface area contributed by atoms with Gasteiger partial charge in [0.05, 0.1) is 0 Å². The van der Waals surface area contributed by atoms with Crippen LogP contribution in [0.5, 0.6) is 0 Å². The van der Waals surface area contributed by atoms with Crippen LogP contribution in [0.4, 0.5) is 13.2 Å². The average molecular weight is 251 g/mol. The lowest BCUT2D eigenvalue weighted by Gasteiger charge is -2.26. The van der Waals surface area contributed by atoms with Crippen LogP contribution in [-0.4, -0.2) is 19.3 Å². The number of alkyl halides is 3. The monoisotopic (exact) mass is 251 g/mol. The summed E-state index contributed by atoms with van der Waals surface area (Å²) in [6.45, 7) is 3.99. The zero-order chi connectivity index (χ0) is 12.7. The van der Waals surface area contributed by atoms with Gasteiger partial charge in [0.25, 0.3) is 0 Å². The molecule has 2 unspecified atom stereocenters. The van der Waals surface area contributed by atoms with Gasteiger partial charge in [-0.05, 0) is 50.6 Å². The number of unbranched alkanes of at least 4 members (excludes halogenated alkanes) is 1. The normalized spacial score (nSPS) is 26.1. The average Bonchev–Trinajstić information content (AvgIpc) is 2.22. The Morgan fingerprint density at radius 2 is 1.94 bits per heavy atom. The van der Waals surface area contributed by atoms with Gasteiger partial charge in [-0.15, -0.1) is 0 Å². The second kappa shape index (κ2) is 7.24. The summed E-state index contributed by atoms with van der Waals surface area (Å²) in [6.07, 6.45) is 1.44. The Bertz CT molecular complexity index is 203. The molecule has 0 aromatic carbocycles. The summed E-state index contributed by atoms with van der Waals surface area (Å²) in [6, 6.07) is 0. The van der Waals surface area contributed by atoms with E-state index in [1.165, 1.54) is 25.7 Å². The predicted octanol–water partition coefficient (Wildman–Crippen LogP) is 4.13. The molecule has 4 heteroatoms. The highest BCUT2D eigenvalue weighted by Crippen LogP contribution is 2.28. The molecule has 0 aromatic rings. The Morgan fingerprint density at radius 3 is 2.59 bits per heavy atom. The minimum Gasteiger partial charge on any atom is -0.316 e. The molecule has 1 fully saturated rings. The van der Waals surface area contributed by atoms with Crippen molar-refractivity contribution in [2.24, 2.45) is 11.8 Å².